The van der Waals surface area contributed by atoms with E-state index < -0.39 is 0 Å². The van der Waals surface area contributed by atoms with E-state index in [0.717, 1.165) is 18.4 Å². The molecule has 1 aromatic carbocycles. The number of aliphatic hydroxyl groups excluding tert-OH is 1. The normalized spacial score (nSPS) is 12.6. The molecule has 0 fully saturated rings. The van der Waals surface area contributed by atoms with Crippen molar-refractivity contribution in [1.29, 1.82) is 0 Å². The van der Waals surface area contributed by atoms with Crippen LogP contribution >= 0.6 is 0 Å². The summed E-state index contributed by atoms with van der Waals surface area (Å²) in [6.45, 7) is 2.25. The molecule has 18 heavy (non-hydrogen) atoms. The van der Waals surface area contributed by atoms with Gasteiger partial charge in [0.15, 0.2) is 0 Å². The van der Waals surface area contributed by atoms with Gasteiger partial charge in [-0.2, -0.15) is 0 Å². The largest absolute Gasteiger partial charge is 0.388 e. The van der Waals surface area contributed by atoms with E-state index in [1.165, 1.54) is 44.9 Å². The number of rotatable bonds is 10. The van der Waals surface area contributed by atoms with Crippen LogP contribution in [0.3, 0.4) is 0 Å². The van der Waals surface area contributed by atoms with Crippen LogP contribution in [0, 0.1) is 6.07 Å². The first kappa shape index (κ1) is 15.2. The van der Waals surface area contributed by atoms with Crippen LogP contribution in [0.25, 0.3) is 0 Å². The van der Waals surface area contributed by atoms with Crippen molar-refractivity contribution < 1.29 is 5.11 Å². The SMILES string of the molecule is CCCCCCCCCCC(O)c1[c]cccc1. The number of aliphatic hydroxyl groups is 1. The average molecular weight is 247 g/mol. The van der Waals surface area contributed by atoms with Crippen molar-refractivity contribution in [2.45, 2.75) is 70.8 Å². The molecule has 0 aliphatic rings. The first-order valence-electron chi connectivity index (χ1n) is 7.49. The lowest BCUT2D eigenvalue weighted by atomic mass is 10.0. The molecule has 0 aliphatic carbocycles. The van der Waals surface area contributed by atoms with Gasteiger partial charge in [-0.3, -0.25) is 0 Å². The molecule has 101 valence electrons. The predicted molar refractivity (Wildman–Crippen MR) is 77.5 cm³/mol. The maximum Gasteiger partial charge on any atom is 0.0796 e. The Kier molecular flexibility index (Phi) is 8.58. The summed E-state index contributed by atoms with van der Waals surface area (Å²) in [7, 11) is 0. The fraction of sp³-hybridized carbons (Fsp3) is 0.647. The van der Waals surface area contributed by atoms with Crippen LogP contribution in [0.5, 0.6) is 0 Å². The highest BCUT2D eigenvalue weighted by Crippen LogP contribution is 2.19. The Morgan fingerprint density at radius 1 is 1.00 bits per heavy atom. The van der Waals surface area contributed by atoms with Gasteiger partial charge in [-0.05, 0) is 18.1 Å². The van der Waals surface area contributed by atoms with Crippen LogP contribution in [0.2, 0.25) is 0 Å². The van der Waals surface area contributed by atoms with Gasteiger partial charge in [-0.1, -0.05) is 82.6 Å². The third-order valence-corrected chi connectivity index (χ3v) is 3.42. The molecule has 0 bridgehead atoms. The molecule has 1 nitrogen and oxygen atoms in total. The highest BCUT2D eigenvalue weighted by atomic mass is 16.3. The molecule has 1 unspecified atom stereocenters. The highest BCUT2D eigenvalue weighted by Gasteiger charge is 2.05. The lowest BCUT2D eigenvalue weighted by Crippen LogP contribution is -1.97. The molecule has 1 rings (SSSR count). The zero-order valence-corrected chi connectivity index (χ0v) is 11.7. The van der Waals surface area contributed by atoms with Crippen LogP contribution in [-0.2, 0) is 0 Å². The number of benzene rings is 1. The molecule has 0 aliphatic heterocycles. The van der Waals surface area contributed by atoms with Crippen molar-refractivity contribution in [3.8, 4) is 0 Å². The molecular weight excluding hydrogens is 220 g/mol. The molecular formula is C17H27O. The number of hydrogen-bond acceptors (Lipinski definition) is 1. The summed E-state index contributed by atoms with van der Waals surface area (Å²) in [4.78, 5) is 0. The smallest absolute Gasteiger partial charge is 0.0796 e. The van der Waals surface area contributed by atoms with E-state index in [1.54, 1.807) is 0 Å². The van der Waals surface area contributed by atoms with Crippen LogP contribution < -0.4 is 0 Å². The molecule has 1 radical (unpaired) electrons. The van der Waals surface area contributed by atoms with E-state index in [9.17, 15) is 5.11 Å². The maximum atomic E-state index is 9.96. The molecule has 1 N–H and O–H groups in total. The quantitative estimate of drug-likeness (QED) is 0.573. The first-order chi connectivity index (χ1) is 8.84. The highest BCUT2D eigenvalue weighted by molar-refractivity contribution is 5.15. The summed E-state index contributed by atoms with van der Waals surface area (Å²) in [5, 5.41) is 9.96. The summed E-state index contributed by atoms with van der Waals surface area (Å²) < 4.78 is 0. The van der Waals surface area contributed by atoms with E-state index in [1.807, 2.05) is 24.3 Å². The second kappa shape index (κ2) is 10.1. The van der Waals surface area contributed by atoms with Crippen molar-refractivity contribution in [2.24, 2.45) is 0 Å². The Morgan fingerprint density at radius 2 is 1.67 bits per heavy atom. The van der Waals surface area contributed by atoms with Gasteiger partial charge >= 0.3 is 0 Å². The second-order valence-electron chi connectivity index (χ2n) is 5.10. The minimum absolute atomic E-state index is 0.328. The van der Waals surface area contributed by atoms with Crippen molar-refractivity contribution >= 4 is 0 Å². The van der Waals surface area contributed by atoms with Crippen molar-refractivity contribution in [3.63, 3.8) is 0 Å². The van der Waals surface area contributed by atoms with Crippen LogP contribution in [0.1, 0.15) is 76.4 Å². The Balaban J connectivity index is 1.98. The summed E-state index contributed by atoms with van der Waals surface area (Å²) >= 11 is 0. The molecule has 0 aromatic heterocycles. The Hall–Kier alpha value is -0.820. The third kappa shape index (κ3) is 6.80. The van der Waals surface area contributed by atoms with Gasteiger partial charge in [-0.15, -0.1) is 0 Å². The van der Waals surface area contributed by atoms with Crippen molar-refractivity contribution in [3.05, 3.63) is 35.9 Å². The maximum absolute atomic E-state index is 9.96. The molecule has 0 saturated carbocycles. The van der Waals surface area contributed by atoms with E-state index in [4.69, 9.17) is 0 Å². The van der Waals surface area contributed by atoms with E-state index in [-0.39, 0.29) is 6.10 Å². The molecule has 0 saturated heterocycles. The Bertz CT molecular complexity index is 281. The molecule has 0 heterocycles. The Morgan fingerprint density at radius 3 is 2.28 bits per heavy atom. The third-order valence-electron chi connectivity index (χ3n) is 3.42. The first-order valence-corrected chi connectivity index (χ1v) is 7.49. The van der Waals surface area contributed by atoms with Gasteiger partial charge < -0.3 is 5.11 Å². The Labute approximate surface area is 112 Å². The molecule has 1 heteroatoms. The van der Waals surface area contributed by atoms with Crippen molar-refractivity contribution in [1.82, 2.24) is 0 Å². The van der Waals surface area contributed by atoms with Crippen molar-refractivity contribution in [2.75, 3.05) is 0 Å². The summed E-state index contributed by atoms with van der Waals surface area (Å²) in [5.74, 6) is 0. The lowest BCUT2D eigenvalue weighted by molar-refractivity contribution is 0.163. The molecule has 0 spiro atoms. The van der Waals surface area contributed by atoms with Crippen LogP contribution in [-0.4, -0.2) is 5.11 Å². The van der Waals surface area contributed by atoms with Crippen LogP contribution in [0.4, 0.5) is 0 Å². The standard InChI is InChI=1S/C17H27O/c1-2-3-4-5-6-7-8-12-15-17(18)16-13-10-9-11-14-16/h9-11,13,17-18H,2-8,12,15H2,1H3. The zero-order valence-electron chi connectivity index (χ0n) is 11.7. The fourth-order valence-corrected chi connectivity index (χ4v) is 2.24. The molecule has 1 aromatic rings. The fourth-order valence-electron chi connectivity index (χ4n) is 2.24. The lowest BCUT2D eigenvalue weighted by Gasteiger charge is -2.10. The van der Waals surface area contributed by atoms with E-state index in [0.29, 0.717) is 0 Å². The molecule has 1 atom stereocenters. The topological polar surface area (TPSA) is 20.2 Å². The molecule has 0 amide bonds. The van der Waals surface area contributed by atoms with Crippen LogP contribution in [0.15, 0.2) is 24.3 Å². The monoisotopic (exact) mass is 247 g/mol. The van der Waals surface area contributed by atoms with Gasteiger partial charge in [0.05, 0.1) is 6.10 Å². The number of hydrogen-bond donors (Lipinski definition) is 1. The van der Waals surface area contributed by atoms with Gasteiger partial charge in [0.1, 0.15) is 0 Å². The minimum atomic E-state index is -0.328. The van der Waals surface area contributed by atoms with E-state index >= 15 is 0 Å². The van der Waals surface area contributed by atoms with Gasteiger partial charge in [0.25, 0.3) is 0 Å². The summed E-state index contributed by atoms with van der Waals surface area (Å²) in [6, 6.07) is 10.8. The summed E-state index contributed by atoms with van der Waals surface area (Å²) in [6.07, 6.45) is 11.0. The van der Waals surface area contributed by atoms with Gasteiger partial charge in [0.2, 0.25) is 0 Å². The average Bonchev–Trinajstić information content (AvgIpc) is 2.42. The summed E-state index contributed by atoms with van der Waals surface area (Å²) in [5.41, 5.74) is 0.931. The number of unbranched alkanes of at least 4 members (excludes halogenated alkanes) is 7. The van der Waals surface area contributed by atoms with Gasteiger partial charge in [0, 0.05) is 0 Å². The minimum Gasteiger partial charge on any atom is -0.388 e. The second-order valence-corrected chi connectivity index (χ2v) is 5.10. The van der Waals surface area contributed by atoms with Gasteiger partial charge in [-0.25, -0.2) is 0 Å². The predicted octanol–water partition coefficient (Wildman–Crippen LogP) is 5.05. The zero-order chi connectivity index (χ0) is 13.1. The van der Waals surface area contributed by atoms with E-state index in [2.05, 4.69) is 13.0 Å².